The molecule has 0 unspecified atom stereocenters. The van der Waals surface area contributed by atoms with E-state index in [4.69, 9.17) is 14.4 Å². The van der Waals surface area contributed by atoms with E-state index >= 15 is 0 Å². The molecule has 0 saturated carbocycles. The lowest BCUT2D eigenvalue weighted by Gasteiger charge is -2.11. The number of halogens is 1. The zero-order chi connectivity index (χ0) is 22.5. The average Bonchev–Trinajstić information content (AvgIpc) is 3.51. The van der Waals surface area contributed by atoms with Gasteiger partial charge in [0.2, 0.25) is 0 Å². The molecule has 3 aromatic heterocycles. The molecule has 5 aromatic rings. The lowest BCUT2D eigenvalue weighted by molar-refractivity contribution is 0.415. The van der Waals surface area contributed by atoms with E-state index in [0.29, 0.717) is 30.4 Å². The van der Waals surface area contributed by atoms with Crippen LogP contribution in [-0.4, -0.2) is 36.6 Å². The SMILES string of the molecule is COc1ccc2c(c1)-c1nn(Cc3cccc(F)c3)cc1Cc1c(-c3nc(C)no3)ncn1-2. The fourth-order valence-corrected chi connectivity index (χ4v) is 4.27. The molecule has 0 atom stereocenters. The largest absolute Gasteiger partial charge is 0.497 e. The Morgan fingerprint density at radius 1 is 1.15 bits per heavy atom. The van der Waals surface area contributed by atoms with Gasteiger partial charge in [0.1, 0.15) is 17.9 Å². The zero-order valence-electron chi connectivity index (χ0n) is 18.0. The van der Waals surface area contributed by atoms with Gasteiger partial charge in [-0.1, -0.05) is 17.3 Å². The van der Waals surface area contributed by atoms with Crippen LogP contribution in [-0.2, 0) is 13.0 Å². The number of hydrogen-bond acceptors (Lipinski definition) is 6. The fraction of sp³-hybridized carbons (Fsp3) is 0.167. The third-order valence-electron chi connectivity index (χ3n) is 5.74. The smallest absolute Gasteiger partial charge is 0.278 e. The Labute approximate surface area is 188 Å². The van der Waals surface area contributed by atoms with Crippen LogP contribution >= 0.6 is 0 Å². The summed E-state index contributed by atoms with van der Waals surface area (Å²) in [5, 5.41) is 8.79. The maximum Gasteiger partial charge on any atom is 0.278 e. The average molecular weight is 442 g/mol. The van der Waals surface area contributed by atoms with Crippen molar-refractivity contribution >= 4 is 0 Å². The summed E-state index contributed by atoms with van der Waals surface area (Å²) < 4.78 is 28.5. The van der Waals surface area contributed by atoms with Crippen molar-refractivity contribution in [3.05, 3.63) is 83.5 Å². The lowest BCUT2D eigenvalue weighted by Crippen LogP contribution is -2.03. The number of ether oxygens (including phenoxy) is 1. The predicted molar refractivity (Wildman–Crippen MR) is 118 cm³/mol. The van der Waals surface area contributed by atoms with E-state index in [2.05, 4.69) is 15.1 Å². The Morgan fingerprint density at radius 3 is 2.85 bits per heavy atom. The molecule has 0 radical (unpaired) electrons. The van der Waals surface area contributed by atoms with Gasteiger partial charge in [-0.25, -0.2) is 9.37 Å². The highest BCUT2D eigenvalue weighted by molar-refractivity contribution is 5.77. The summed E-state index contributed by atoms with van der Waals surface area (Å²) in [6, 6.07) is 12.4. The third-order valence-corrected chi connectivity index (χ3v) is 5.74. The molecule has 9 heteroatoms. The maximum atomic E-state index is 13.7. The number of fused-ring (bicyclic) bond motifs is 5. The Kier molecular flexibility index (Phi) is 4.36. The summed E-state index contributed by atoms with van der Waals surface area (Å²) in [6.45, 7) is 2.23. The van der Waals surface area contributed by atoms with Crippen LogP contribution in [0.4, 0.5) is 4.39 Å². The molecule has 0 fully saturated rings. The number of aromatic nitrogens is 6. The first-order valence-electron chi connectivity index (χ1n) is 10.5. The Hall–Kier alpha value is -4.27. The van der Waals surface area contributed by atoms with Crippen molar-refractivity contribution in [2.75, 3.05) is 7.11 Å². The molecule has 1 aliphatic rings. The number of aryl methyl sites for hydroxylation is 1. The Bertz CT molecular complexity index is 1500. The van der Waals surface area contributed by atoms with Gasteiger partial charge in [0, 0.05) is 23.7 Å². The van der Waals surface area contributed by atoms with Crippen molar-refractivity contribution in [1.82, 2.24) is 29.5 Å². The van der Waals surface area contributed by atoms with Gasteiger partial charge < -0.3 is 13.8 Å². The van der Waals surface area contributed by atoms with Crippen LogP contribution in [0.2, 0.25) is 0 Å². The molecule has 0 saturated heterocycles. The van der Waals surface area contributed by atoms with Crippen molar-refractivity contribution in [2.45, 2.75) is 19.9 Å². The summed E-state index contributed by atoms with van der Waals surface area (Å²) in [6.07, 6.45) is 4.32. The van der Waals surface area contributed by atoms with E-state index in [-0.39, 0.29) is 5.82 Å². The minimum atomic E-state index is -0.264. The molecule has 0 aliphatic carbocycles. The van der Waals surface area contributed by atoms with Crippen LogP contribution in [0.1, 0.15) is 22.6 Å². The number of hydrogen-bond donors (Lipinski definition) is 0. The summed E-state index contributed by atoms with van der Waals surface area (Å²) in [5.41, 5.74) is 6.11. The van der Waals surface area contributed by atoms with Crippen LogP contribution in [0, 0.1) is 12.7 Å². The molecular formula is C24H19FN6O2. The molecule has 0 bridgehead atoms. The van der Waals surface area contributed by atoms with Gasteiger partial charge >= 0.3 is 0 Å². The molecule has 0 amide bonds. The Morgan fingerprint density at radius 2 is 2.06 bits per heavy atom. The van der Waals surface area contributed by atoms with E-state index < -0.39 is 0 Å². The van der Waals surface area contributed by atoms with Crippen LogP contribution in [0.3, 0.4) is 0 Å². The monoisotopic (exact) mass is 442 g/mol. The molecule has 8 nitrogen and oxygen atoms in total. The summed E-state index contributed by atoms with van der Waals surface area (Å²) in [4.78, 5) is 8.96. The predicted octanol–water partition coefficient (Wildman–Crippen LogP) is 4.19. The van der Waals surface area contributed by atoms with Crippen LogP contribution < -0.4 is 4.74 Å². The molecule has 164 valence electrons. The highest BCUT2D eigenvalue weighted by Crippen LogP contribution is 2.39. The van der Waals surface area contributed by atoms with Crippen molar-refractivity contribution in [1.29, 1.82) is 0 Å². The minimum Gasteiger partial charge on any atom is -0.497 e. The van der Waals surface area contributed by atoms with E-state index in [9.17, 15) is 4.39 Å². The molecule has 2 aromatic carbocycles. The second-order valence-corrected chi connectivity index (χ2v) is 7.95. The minimum absolute atomic E-state index is 0.264. The van der Waals surface area contributed by atoms with Gasteiger partial charge in [-0.2, -0.15) is 10.1 Å². The van der Waals surface area contributed by atoms with E-state index in [0.717, 1.165) is 39.5 Å². The first-order valence-corrected chi connectivity index (χ1v) is 10.5. The van der Waals surface area contributed by atoms with Crippen molar-refractivity contribution in [3.63, 3.8) is 0 Å². The molecule has 4 heterocycles. The standard InChI is InChI=1S/C24H19FN6O2/c1-14-27-24(33-29-14)23-21-9-16-12-30(11-15-4-3-5-17(25)8-15)28-22(16)19-10-18(32-2)6-7-20(19)31(21)13-26-23/h3-8,10,12-13H,9,11H2,1-2H3. The summed E-state index contributed by atoms with van der Waals surface area (Å²) in [5.74, 6) is 1.40. The van der Waals surface area contributed by atoms with Gasteiger partial charge in [-0.15, -0.1) is 0 Å². The van der Waals surface area contributed by atoms with Gasteiger partial charge in [-0.05, 0) is 42.8 Å². The molecule has 6 rings (SSSR count). The summed E-state index contributed by atoms with van der Waals surface area (Å²) >= 11 is 0. The van der Waals surface area contributed by atoms with Crippen LogP contribution in [0.5, 0.6) is 5.75 Å². The number of imidazole rings is 1. The topological polar surface area (TPSA) is 83.8 Å². The normalized spacial score (nSPS) is 12.1. The van der Waals surface area contributed by atoms with Crippen LogP contribution in [0.25, 0.3) is 28.5 Å². The fourth-order valence-electron chi connectivity index (χ4n) is 4.27. The van der Waals surface area contributed by atoms with E-state index in [1.165, 1.54) is 12.1 Å². The van der Waals surface area contributed by atoms with E-state index in [1.807, 2.05) is 39.7 Å². The van der Waals surface area contributed by atoms with Crippen LogP contribution in [0.15, 0.2) is 59.5 Å². The number of nitrogens with zero attached hydrogens (tertiary/aromatic N) is 6. The van der Waals surface area contributed by atoms with Crippen molar-refractivity contribution in [3.8, 4) is 34.3 Å². The highest BCUT2D eigenvalue weighted by atomic mass is 19.1. The second-order valence-electron chi connectivity index (χ2n) is 7.95. The number of benzene rings is 2. The van der Waals surface area contributed by atoms with Crippen molar-refractivity contribution < 1.29 is 13.7 Å². The van der Waals surface area contributed by atoms with Gasteiger partial charge in [0.25, 0.3) is 5.89 Å². The van der Waals surface area contributed by atoms with Gasteiger partial charge in [0.05, 0.1) is 30.7 Å². The molecular weight excluding hydrogens is 423 g/mol. The zero-order valence-corrected chi connectivity index (χ0v) is 18.0. The lowest BCUT2D eigenvalue weighted by atomic mass is 10.0. The molecule has 0 N–H and O–H groups in total. The first kappa shape index (κ1) is 19.4. The first-order chi connectivity index (χ1) is 16.1. The number of rotatable bonds is 4. The second kappa shape index (κ2) is 7.40. The highest BCUT2D eigenvalue weighted by Gasteiger charge is 2.27. The van der Waals surface area contributed by atoms with E-state index in [1.54, 1.807) is 26.4 Å². The maximum absolute atomic E-state index is 13.7. The van der Waals surface area contributed by atoms with Gasteiger partial charge in [-0.3, -0.25) is 4.68 Å². The molecule has 33 heavy (non-hydrogen) atoms. The molecule has 0 spiro atoms. The van der Waals surface area contributed by atoms with Gasteiger partial charge in [0.15, 0.2) is 11.5 Å². The number of methoxy groups -OCH3 is 1. The Balaban J connectivity index is 1.51. The summed E-state index contributed by atoms with van der Waals surface area (Å²) in [7, 11) is 1.64. The third kappa shape index (κ3) is 3.29. The quantitative estimate of drug-likeness (QED) is 0.407. The van der Waals surface area contributed by atoms with Crippen molar-refractivity contribution in [2.24, 2.45) is 0 Å². The molecule has 1 aliphatic heterocycles.